The van der Waals surface area contributed by atoms with Crippen LogP contribution in [0.5, 0.6) is 0 Å². The lowest BCUT2D eigenvalue weighted by Crippen LogP contribution is -2.48. The predicted molar refractivity (Wildman–Crippen MR) is 105 cm³/mol. The van der Waals surface area contributed by atoms with Gasteiger partial charge in [0.2, 0.25) is 0 Å². The van der Waals surface area contributed by atoms with E-state index >= 15 is 0 Å². The van der Waals surface area contributed by atoms with Crippen molar-refractivity contribution in [2.75, 3.05) is 19.7 Å². The number of amides is 1. The number of aliphatic imine (C=N–C) groups is 1. The summed E-state index contributed by atoms with van der Waals surface area (Å²) in [5.74, 6) is 1.16. The van der Waals surface area contributed by atoms with E-state index in [-0.39, 0.29) is 12.1 Å². The number of aromatic nitrogens is 1. The molecule has 1 atom stereocenters. The van der Waals surface area contributed by atoms with Crippen LogP contribution in [0.15, 0.2) is 11.1 Å². The first-order valence-electron chi connectivity index (χ1n) is 8.91. The first-order valence-corrected chi connectivity index (χ1v) is 9.66. The van der Waals surface area contributed by atoms with E-state index in [4.69, 9.17) is 27.9 Å². The number of nitrogens with one attached hydrogen (secondary N) is 3. The molecule has 1 amide bonds. The second-order valence-electron chi connectivity index (χ2n) is 6.22. The Labute approximate surface area is 164 Å². The van der Waals surface area contributed by atoms with Crippen molar-refractivity contribution < 1.29 is 9.53 Å². The van der Waals surface area contributed by atoms with E-state index in [0.29, 0.717) is 41.7 Å². The van der Waals surface area contributed by atoms with Crippen molar-refractivity contribution in [3.05, 3.63) is 21.9 Å². The van der Waals surface area contributed by atoms with Gasteiger partial charge in [-0.25, -0.2) is 9.79 Å². The number of halogens is 2. The monoisotopic (exact) mass is 403 g/mol. The van der Waals surface area contributed by atoms with Crippen LogP contribution in [-0.4, -0.2) is 42.4 Å². The number of rotatable bonds is 8. The van der Waals surface area contributed by atoms with Crippen molar-refractivity contribution in [2.45, 2.75) is 39.3 Å². The Morgan fingerprint density at radius 2 is 2.12 bits per heavy atom. The van der Waals surface area contributed by atoms with Crippen LogP contribution in [0.2, 0.25) is 10.2 Å². The maximum atomic E-state index is 11.7. The summed E-state index contributed by atoms with van der Waals surface area (Å²) >= 11 is 12.1. The highest BCUT2D eigenvalue weighted by Gasteiger charge is 2.32. The van der Waals surface area contributed by atoms with E-state index in [1.165, 1.54) is 0 Å². The Hall–Kier alpha value is -1.60. The Balaban J connectivity index is 1.95. The summed E-state index contributed by atoms with van der Waals surface area (Å²) in [4.78, 5) is 16.3. The highest BCUT2D eigenvalue weighted by atomic mass is 35.5. The van der Waals surface area contributed by atoms with Crippen LogP contribution in [0.1, 0.15) is 32.4 Å². The quantitative estimate of drug-likeness (QED) is 0.460. The fourth-order valence-electron chi connectivity index (χ4n) is 2.61. The molecule has 0 bridgehead atoms. The van der Waals surface area contributed by atoms with Crippen LogP contribution < -0.4 is 16.0 Å². The molecule has 1 heterocycles. The van der Waals surface area contributed by atoms with Crippen molar-refractivity contribution in [2.24, 2.45) is 18.0 Å². The van der Waals surface area contributed by atoms with Gasteiger partial charge in [-0.2, -0.15) is 0 Å². The average Bonchev–Trinajstić information content (AvgIpc) is 3.41. The largest absolute Gasteiger partial charge is 0.450 e. The van der Waals surface area contributed by atoms with Crippen molar-refractivity contribution in [3.63, 3.8) is 0 Å². The smallest absolute Gasteiger partial charge is 0.407 e. The number of guanidine groups is 1. The van der Waals surface area contributed by atoms with Gasteiger partial charge in [-0.15, -0.1) is 0 Å². The zero-order valence-electron chi connectivity index (χ0n) is 15.4. The number of carbonyl (C=O) groups excluding carboxylic acids is 1. The molecule has 26 heavy (non-hydrogen) atoms. The molecule has 1 saturated carbocycles. The summed E-state index contributed by atoms with van der Waals surface area (Å²) in [6, 6.07) is 1.84. The normalized spacial score (nSPS) is 15.5. The predicted octanol–water partition coefficient (Wildman–Crippen LogP) is 2.91. The molecule has 146 valence electrons. The third-order valence-corrected chi connectivity index (χ3v) is 5.06. The topological polar surface area (TPSA) is 79.7 Å². The van der Waals surface area contributed by atoms with Gasteiger partial charge in [0.1, 0.15) is 5.15 Å². The van der Waals surface area contributed by atoms with Crippen molar-refractivity contribution in [1.29, 1.82) is 0 Å². The maximum absolute atomic E-state index is 11.7. The summed E-state index contributed by atoms with van der Waals surface area (Å²) in [5, 5.41) is 10.4. The van der Waals surface area contributed by atoms with Gasteiger partial charge >= 0.3 is 6.09 Å². The minimum Gasteiger partial charge on any atom is -0.450 e. The molecule has 0 spiro atoms. The molecule has 7 nitrogen and oxygen atoms in total. The molecule has 1 aromatic heterocycles. The van der Waals surface area contributed by atoms with Crippen LogP contribution >= 0.6 is 23.2 Å². The van der Waals surface area contributed by atoms with Gasteiger partial charge in [0.25, 0.3) is 0 Å². The lowest BCUT2D eigenvalue weighted by atomic mass is 10.2. The van der Waals surface area contributed by atoms with Gasteiger partial charge < -0.3 is 25.3 Å². The minimum absolute atomic E-state index is 0.0248. The van der Waals surface area contributed by atoms with Gasteiger partial charge in [-0.3, -0.25) is 0 Å². The standard InChI is InChI=1S/C17H27Cl2N5O2/c1-4-20-16(21-9-12-8-13(18)15(19)24(12)3)22-10-14(11-6-7-11)23-17(25)26-5-2/h8,11,14H,4-7,9-10H2,1-3H3,(H,23,25)(H2,20,21,22). The molecular weight excluding hydrogens is 377 g/mol. The zero-order valence-corrected chi connectivity index (χ0v) is 17.0. The lowest BCUT2D eigenvalue weighted by molar-refractivity contribution is 0.146. The van der Waals surface area contributed by atoms with Crippen LogP contribution in [0.4, 0.5) is 4.79 Å². The van der Waals surface area contributed by atoms with Crippen LogP contribution in [0.3, 0.4) is 0 Å². The van der Waals surface area contributed by atoms with Gasteiger partial charge in [0.15, 0.2) is 5.96 Å². The summed E-state index contributed by atoms with van der Waals surface area (Å²) in [6.45, 7) is 5.93. The number of hydrogen-bond donors (Lipinski definition) is 3. The third-order valence-electron chi connectivity index (χ3n) is 4.22. The van der Waals surface area contributed by atoms with Crippen LogP contribution in [-0.2, 0) is 18.3 Å². The molecule has 1 unspecified atom stereocenters. The van der Waals surface area contributed by atoms with E-state index in [1.54, 1.807) is 6.92 Å². The maximum Gasteiger partial charge on any atom is 0.407 e. The number of nitrogens with zero attached hydrogens (tertiary/aromatic N) is 2. The molecule has 0 aliphatic heterocycles. The lowest BCUT2D eigenvalue weighted by Gasteiger charge is -2.20. The molecule has 9 heteroatoms. The molecule has 0 aromatic carbocycles. The summed E-state index contributed by atoms with van der Waals surface area (Å²) in [5.41, 5.74) is 0.917. The molecule has 1 fully saturated rings. The molecule has 1 aliphatic rings. The molecule has 3 N–H and O–H groups in total. The van der Waals surface area contributed by atoms with Gasteiger partial charge in [0, 0.05) is 25.8 Å². The first kappa shape index (κ1) is 20.7. The fourth-order valence-corrected chi connectivity index (χ4v) is 3.02. The molecular formula is C17H27Cl2N5O2. The van der Waals surface area contributed by atoms with Crippen molar-refractivity contribution >= 4 is 35.3 Å². The molecule has 2 rings (SSSR count). The Morgan fingerprint density at radius 1 is 1.38 bits per heavy atom. The minimum atomic E-state index is -0.374. The summed E-state index contributed by atoms with van der Waals surface area (Å²) < 4.78 is 6.80. The number of alkyl carbamates (subject to hydrolysis) is 1. The third kappa shape index (κ3) is 5.99. The van der Waals surface area contributed by atoms with E-state index in [9.17, 15) is 4.79 Å². The second-order valence-corrected chi connectivity index (χ2v) is 6.98. The Kier molecular flexibility index (Phi) is 7.90. The highest BCUT2D eigenvalue weighted by Crippen LogP contribution is 2.32. The Bertz CT molecular complexity index is 643. The molecule has 1 aromatic rings. The molecule has 0 saturated heterocycles. The van der Waals surface area contributed by atoms with Crippen molar-refractivity contribution in [1.82, 2.24) is 20.5 Å². The van der Waals surface area contributed by atoms with Crippen molar-refractivity contribution in [3.8, 4) is 0 Å². The second kappa shape index (κ2) is 9.92. The molecule has 0 radical (unpaired) electrons. The number of carbonyl (C=O) groups is 1. The number of hydrogen-bond acceptors (Lipinski definition) is 3. The highest BCUT2D eigenvalue weighted by molar-refractivity contribution is 6.41. The van der Waals surface area contributed by atoms with Crippen LogP contribution in [0.25, 0.3) is 0 Å². The van der Waals surface area contributed by atoms with Gasteiger partial charge in [0.05, 0.1) is 24.2 Å². The van der Waals surface area contributed by atoms with Crippen LogP contribution in [0, 0.1) is 5.92 Å². The summed E-state index contributed by atoms with van der Waals surface area (Å²) in [7, 11) is 1.85. The van der Waals surface area contributed by atoms with Gasteiger partial charge in [-0.1, -0.05) is 23.2 Å². The van der Waals surface area contributed by atoms with E-state index in [2.05, 4.69) is 20.9 Å². The summed E-state index contributed by atoms with van der Waals surface area (Å²) in [6.07, 6.45) is 1.86. The Morgan fingerprint density at radius 3 is 2.65 bits per heavy atom. The number of ether oxygens (including phenoxy) is 1. The first-order chi connectivity index (χ1) is 12.5. The van der Waals surface area contributed by atoms with E-state index in [0.717, 1.165) is 25.1 Å². The fraction of sp³-hybridized carbons (Fsp3) is 0.647. The zero-order chi connectivity index (χ0) is 19.1. The average molecular weight is 404 g/mol. The molecule has 1 aliphatic carbocycles. The SMILES string of the molecule is CCNC(=NCc1cc(Cl)c(Cl)n1C)NCC(NC(=O)OCC)C1CC1. The van der Waals surface area contributed by atoms with Gasteiger partial charge in [-0.05, 0) is 38.7 Å². The van der Waals surface area contributed by atoms with E-state index < -0.39 is 0 Å². The van der Waals surface area contributed by atoms with E-state index in [1.807, 2.05) is 24.6 Å².